The van der Waals surface area contributed by atoms with Gasteiger partial charge < -0.3 is 9.47 Å². The maximum absolute atomic E-state index is 4.31. The van der Waals surface area contributed by atoms with Crippen molar-refractivity contribution in [1.29, 1.82) is 0 Å². The SMILES string of the molecule is C=Cc1c(/C=C\C)c2cc(-c3cccc(N(C4=C(C)C=CCC4)/C(=C/c4c(C)sc5ccccc45)CC)c3)ccc2n1C1=CC=C(c2ccccc2)CC1.CC.CC. The van der Waals surface area contributed by atoms with Crippen molar-refractivity contribution in [2.24, 2.45) is 0 Å². The molecule has 0 aliphatic heterocycles. The van der Waals surface area contributed by atoms with Crippen molar-refractivity contribution in [3.63, 3.8) is 0 Å². The van der Waals surface area contributed by atoms with Crippen LogP contribution in [0.3, 0.4) is 0 Å². The molecule has 2 heterocycles. The summed E-state index contributed by atoms with van der Waals surface area (Å²) in [5.74, 6) is 0. The maximum atomic E-state index is 4.31. The minimum Gasteiger partial charge on any atom is -0.318 e. The summed E-state index contributed by atoms with van der Waals surface area (Å²) in [6.45, 7) is 21.2. The standard InChI is InChI=1S/C51H48N2S.2C2H6/c1-6-17-44-47-33-40(28-31-50(47)53(48(44)8-3)42-29-26-38(27-30-42)37-19-10-9-11-20-37)39-21-16-22-43(32-39)52(49-24-14-12-18-35(49)4)41(7-2)34-46-36(5)54-51-25-15-13-23-45(46)51;2*1-2/h6,8-13,15-23,25-26,28-29,31-34H,3,7,14,24,27,30H2,1-2,4-5H3;2*1-2H3/b17-6-,41-34+;;. The molecule has 0 N–H and O–H groups in total. The van der Waals surface area contributed by atoms with Crippen LogP contribution in [0.15, 0.2) is 151 Å². The zero-order chi connectivity index (χ0) is 41.2. The van der Waals surface area contributed by atoms with Crippen LogP contribution in [-0.4, -0.2) is 4.57 Å². The van der Waals surface area contributed by atoms with E-state index in [4.69, 9.17) is 0 Å². The van der Waals surface area contributed by atoms with Crippen molar-refractivity contribution in [2.45, 2.75) is 87.5 Å². The molecule has 3 heteroatoms. The first-order chi connectivity index (χ1) is 28.5. The van der Waals surface area contributed by atoms with E-state index in [9.17, 15) is 0 Å². The van der Waals surface area contributed by atoms with Gasteiger partial charge in [0.1, 0.15) is 0 Å². The molecule has 2 aliphatic carbocycles. The minimum atomic E-state index is 0.919. The van der Waals surface area contributed by atoms with Gasteiger partial charge in [-0.05, 0) is 135 Å². The summed E-state index contributed by atoms with van der Waals surface area (Å²) in [6, 6.07) is 35.7. The molecule has 6 aromatic rings. The fraction of sp³-hybridized carbons (Fsp3) is 0.236. The highest BCUT2D eigenvalue weighted by Crippen LogP contribution is 2.41. The van der Waals surface area contributed by atoms with Crippen molar-refractivity contribution in [3.8, 4) is 11.1 Å². The Hall–Kier alpha value is -5.64. The van der Waals surface area contributed by atoms with Gasteiger partial charge in [-0.15, -0.1) is 11.3 Å². The number of aromatic nitrogens is 1. The van der Waals surface area contributed by atoms with Crippen LogP contribution < -0.4 is 4.90 Å². The molecule has 0 radical (unpaired) electrons. The van der Waals surface area contributed by atoms with E-state index in [-0.39, 0.29) is 0 Å². The highest BCUT2D eigenvalue weighted by atomic mass is 32.1. The van der Waals surface area contributed by atoms with E-state index < -0.39 is 0 Å². The molecule has 4 aromatic carbocycles. The minimum absolute atomic E-state index is 0.919. The lowest BCUT2D eigenvalue weighted by molar-refractivity contribution is 0.854. The van der Waals surface area contributed by atoms with Gasteiger partial charge in [-0.3, -0.25) is 0 Å². The van der Waals surface area contributed by atoms with Crippen molar-refractivity contribution in [3.05, 3.63) is 178 Å². The van der Waals surface area contributed by atoms with Gasteiger partial charge in [-0.25, -0.2) is 0 Å². The zero-order valence-corrected chi connectivity index (χ0v) is 36.7. The quantitative estimate of drug-likeness (QED) is 0.134. The van der Waals surface area contributed by atoms with Crippen molar-refractivity contribution >= 4 is 67.5 Å². The first-order valence-corrected chi connectivity index (χ1v) is 22.1. The summed E-state index contributed by atoms with van der Waals surface area (Å²) in [7, 11) is 0. The second kappa shape index (κ2) is 19.7. The first-order valence-electron chi connectivity index (χ1n) is 21.3. The molecule has 8 rings (SSSR count). The molecular weight excluding hydrogens is 721 g/mol. The number of hydrogen-bond acceptors (Lipinski definition) is 2. The Balaban J connectivity index is 0.00000138. The zero-order valence-electron chi connectivity index (χ0n) is 35.9. The first kappa shape index (κ1) is 42.0. The van der Waals surface area contributed by atoms with Crippen molar-refractivity contribution < 1.29 is 0 Å². The third-order valence-corrected chi connectivity index (χ3v) is 12.1. The predicted octanol–water partition coefficient (Wildman–Crippen LogP) is 17.2. The third kappa shape index (κ3) is 8.47. The fourth-order valence-electron chi connectivity index (χ4n) is 8.31. The highest BCUT2D eigenvalue weighted by Gasteiger charge is 2.22. The number of fused-ring (bicyclic) bond motifs is 2. The molecule has 0 saturated heterocycles. The molecule has 0 saturated carbocycles. The number of nitrogens with zero attached hydrogens (tertiary/aromatic N) is 2. The molecule has 296 valence electrons. The molecule has 0 amide bonds. The molecule has 0 spiro atoms. The fourth-order valence-corrected chi connectivity index (χ4v) is 9.36. The van der Waals surface area contributed by atoms with Gasteiger partial charge in [0.05, 0.1) is 11.2 Å². The van der Waals surface area contributed by atoms with Crippen molar-refractivity contribution in [1.82, 2.24) is 4.57 Å². The number of thiophene rings is 1. The number of hydrogen-bond donors (Lipinski definition) is 0. The average molecular weight is 781 g/mol. The van der Waals surface area contributed by atoms with E-state index in [0.29, 0.717) is 0 Å². The molecule has 0 fully saturated rings. The van der Waals surface area contributed by atoms with E-state index >= 15 is 0 Å². The van der Waals surface area contributed by atoms with Gasteiger partial charge >= 0.3 is 0 Å². The van der Waals surface area contributed by atoms with Crippen LogP contribution in [0, 0.1) is 6.92 Å². The molecule has 58 heavy (non-hydrogen) atoms. The number of anilines is 1. The molecule has 0 bridgehead atoms. The van der Waals surface area contributed by atoms with E-state index in [0.717, 1.165) is 37.8 Å². The van der Waals surface area contributed by atoms with Gasteiger partial charge in [0.25, 0.3) is 0 Å². The van der Waals surface area contributed by atoms with Crippen molar-refractivity contribution in [2.75, 3.05) is 4.90 Å². The second-order valence-electron chi connectivity index (χ2n) is 14.3. The van der Waals surface area contributed by atoms with Crippen LogP contribution in [0.25, 0.3) is 61.6 Å². The number of allylic oxidation sites excluding steroid dienone is 10. The van der Waals surface area contributed by atoms with E-state index in [1.54, 1.807) is 0 Å². The van der Waals surface area contributed by atoms with Crippen LogP contribution in [0.2, 0.25) is 0 Å². The van der Waals surface area contributed by atoms with Crippen LogP contribution in [0.5, 0.6) is 0 Å². The predicted molar refractivity (Wildman–Crippen MR) is 261 cm³/mol. The molecule has 2 aromatic heterocycles. The Bertz CT molecular complexity index is 2580. The lowest BCUT2D eigenvalue weighted by Gasteiger charge is -2.33. The molecular formula is C55H60N2S. The van der Waals surface area contributed by atoms with E-state index in [1.165, 1.54) is 87.6 Å². The molecule has 2 aliphatic rings. The molecule has 0 unspecified atom stereocenters. The number of aryl methyl sites for hydroxylation is 1. The van der Waals surface area contributed by atoms with Gasteiger partial charge in [0.15, 0.2) is 0 Å². The summed E-state index contributed by atoms with van der Waals surface area (Å²) in [5.41, 5.74) is 16.5. The Morgan fingerprint density at radius 3 is 2.22 bits per heavy atom. The number of rotatable bonds is 10. The molecule has 0 atom stereocenters. The average Bonchev–Trinajstić information content (AvgIpc) is 3.78. The maximum Gasteiger partial charge on any atom is 0.0538 e. The van der Waals surface area contributed by atoms with Crippen LogP contribution in [0.4, 0.5) is 5.69 Å². The van der Waals surface area contributed by atoms with Crippen LogP contribution >= 0.6 is 11.3 Å². The van der Waals surface area contributed by atoms with Gasteiger partial charge in [0, 0.05) is 48.7 Å². The van der Waals surface area contributed by atoms with Crippen LogP contribution in [0.1, 0.15) is 108 Å². The van der Waals surface area contributed by atoms with E-state index in [2.05, 4.69) is 183 Å². The lowest BCUT2D eigenvalue weighted by Crippen LogP contribution is -2.23. The lowest BCUT2D eigenvalue weighted by atomic mass is 9.95. The highest BCUT2D eigenvalue weighted by molar-refractivity contribution is 7.19. The Morgan fingerprint density at radius 2 is 1.52 bits per heavy atom. The molecule has 2 nitrogen and oxygen atoms in total. The smallest absolute Gasteiger partial charge is 0.0538 e. The summed E-state index contributed by atoms with van der Waals surface area (Å²) >= 11 is 1.89. The third-order valence-electron chi connectivity index (χ3n) is 11.0. The largest absolute Gasteiger partial charge is 0.318 e. The van der Waals surface area contributed by atoms with Crippen LogP contribution in [-0.2, 0) is 0 Å². The summed E-state index contributed by atoms with van der Waals surface area (Å²) in [6.07, 6.45) is 23.0. The Morgan fingerprint density at radius 1 is 0.776 bits per heavy atom. The van der Waals surface area contributed by atoms with Gasteiger partial charge in [0.2, 0.25) is 0 Å². The summed E-state index contributed by atoms with van der Waals surface area (Å²) in [4.78, 5) is 3.91. The normalized spacial score (nSPS) is 14.2. The topological polar surface area (TPSA) is 8.17 Å². The number of benzene rings is 4. The van der Waals surface area contributed by atoms with E-state index in [1.807, 2.05) is 45.1 Å². The Labute approximate surface area is 352 Å². The van der Waals surface area contributed by atoms with Gasteiger partial charge in [-0.2, -0.15) is 0 Å². The summed E-state index contributed by atoms with van der Waals surface area (Å²) in [5, 5.41) is 2.58. The summed E-state index contributed by atoms with van der Waals surface area (Å²) < 4.78 is 3.77. The Kier molecular flexibility index (Phi) is 14.2. The van der Waals surface area contributed by atoms with Gasteiger partial charge in [-0.1, -0.05) is 138 Å². The second-order valence-corrected chi connectivity index (χ2v) is 15.6. The monoisotopic (exact) mass is 780 g/mol.